The van der Waals surface area contributed by atoms with Gasteiger partial charge in [0.05, 0.1) is 6.33 Å². The lowest BCUT2D eigenvalue weighted by atomic mass is 10.1. The molecule has 0 aliphatic carbocycles. The zero-order chi connectivity index (χ0) is 15.7. The first-order valence-corrected chi connectivity index (χ1v) is 8.66. The summed E-state index contributed by atoms with van der Waals surface area (Å²) in [6, 6.07) is 4.47. The van der Waals surface area contributed by atoms with E-state index in [2.05, 4.69) is 4.98 Å². The van der Waals surface area contributed by atoms with E-state index in [9.17, 15) is 12.8 Å². The Kier molecular flexibility index (Phi) is 4.01. The molecule has 1 aliphatic heterocycles. The summed E-state index contributed by atoms with van der Waals surface area (Å²) in [5.74, 6) is -0.684. The maximum atomic E-state index is 14.0. The van der Waals surface area contributed by atoms with Crippen molar-refractivity contribution < 1.29 is 12.8 Å². The summed E-state index contributed by atoms with van der Waals surface area (Å²) >= 11 is 0. The van der Waals surface area contributed by atoms with Crippen LogP contribution in [0.3, 0.4) is 0 Å². The topological polar surface area (TPSA) is 55.2 Å². The second-order valence-corrected chi connectivity index (χ2v) is 7.49. The highest BCUT2D eigenvalue weighted by Crippen LogP contribution is 2.27. The maximum Gasteiger partial charge on any atom is 0.245 e. The zero-order valence-corrected chi connectivity index (χ0v) is 13.1. The lowest BCUT2D eigenvalue weighted by Gasteiger charge is -2.31. The number of halogens is 1. The van der Waals surface area contributed by atoms with E-state index in [0.29, 0.717) is 31.5 Å². The first-order valence-electron chi connectivity index (χ1n) is 7.22. The second-order valence-electron chi connectivity index (χ2n) is 5.58. The number of sulfonamides is 1. The van der Waals surface area contributed by atoms with Crippen LogP contribution in [0.15, 0.2) is 41.8 Å². The quantitative estimate of drug-likeness (QED) is 0.871. The summed E-state index contributed by atoms with van der Waals surface area (Å²) in [5, 5.41) is 0. The minimum absolute atomic E-state index is 0.237. The Morgan fingerprint density at radius 2 is 2.00 bits per heavy atom. The Morgan fingerprint density at radius 3 is 2.59 bits per heavy atom. The van der Waals surface area contributed by atoms with Gasteiger partial charge in [-0.2, -0.15) is 4.31 Å². The van der Waals surface area contributed by atoms with Gasteiger partial charge in [0.25, 0.3) is 0 Å². The summed E-state index contributed by atoms with van der Waals surface area (Å²) in [7, 11) is -3.77. The van der Waals surface area contributed by atoms with Crippen molar-refractivity contribution in [2.24, 2.45) is 0 Å². The predicted molar refractivity (Wildman–Crippen MR) is 80.4 cm³/mol. The van der Waals surface area contributed by atoms with Crippen molar-refractivity contribution in [2.45, 2.75) is 30.7 Å². The van der Waals surface area contributed by atoms with E-state index in [1.54, 1.807) is 25.5 Å². The number of hydrogen-bond donors (Lipinski definition) is 0. The van der Waals surface area contributed by atoms with Gasteiger partial charge in [0.1, 0.15) is 10.7 Å². The molecule has 1 saturated heterocycles. The van der Waals surface area contributed by atoms with Gasteiger partial charge in [-0.3, -0.25) is 0 Å². The number of nitrogens with zero attached hydrogens (tertiary/aromatic N) is 3. The molecule has 0 atom stereocenters. The van der Waals surface area contributed by atoms with Gasteiger partial charge >= 0.3 is 0 Å². The summed E-state index contributed by atoms with van der Waals surface area (Å²) in [5.41, 5.74) is 0.704. The number of rotatable bonds is 3. The Bertz CT molecular complexity index is 751. The van der Waals surface area contributed by atoms with Gasteiger partial charge in [0, 0.05) is 31.5 Å². The molecule has 22 heavy (non-hydrogen) atoms. The van der Waals surface area contributed by atoms with Gasteiger partial charge in [-0.05, 0) is 37.5 Å². The van der Waals surface area contributed by atoms with Gasteiger partial charge in [0.2, 0.25) is 10.0 Å². The first kappa shape index (κ1) is 15.2. The fourth-order valence-electron chi connectivity index (χ4n) is 2.82. The molecular formula is C15H18FN3O2S. The third kappa shape index (κ3) is 2.78. The van der Waals surface area contributed by atoms with E-state index >= 15 is 0 Å². The smallest absolute Gasteiger partial charge is 0.245 e. The average molecular weight is 323 g/mol. The van der Waals surface area contributed by atoms with Crippen LogP contribution in [0.25, 0.3) is 0 Å². The molecule has 1 aromatic heterocycles. The highest BCUT2D eigenvalue weighted by Gasteiger charge is 2.31. The molecule has 5 nitrogen and oxygen atoms in total. The molecule has 1 fully saturated rings. The van der Waals surface area contributed by atoms with Crippen LogP contribution in [-0.2, 0) is 10.0 Å². The van der Waals surface area contributed by atoms with Crippen LogP contribution in [0.2, 0.25) is 0 Å². The Balaban J connectivity index is 1.77. The molecule has 0 N–H and O–H groups in total. The van der Waals surface area contributed by atoms with E-state index in [1.165, 1.54) is 16.4 Å². The maximum absolute atomic E-state index is 14.0. The summed E-state index contributed by atoms with van der Waals surface area (Å²) in [4.78, 5) is 3.78. The highest BCUT2D eigenvalue weighted by molar-refractivity contribution is 7.89. The number of piperidine rings is 1. The number of benzene rings is 1. The van der Waals surface area contributed by atoms with Crippen molar-refractivity contribution in [2.75, 3.05) is 13.1 Å². The number of aromatic nitrogens is 2. The third-order valence-electron chi connectivity index (χ3n) is 4.08. The summed E-state index contributed by atoms with van der Waals surface area (Å²) < 4.78 is 42.5. The Labute approximate surface area is 129 Å². The molecule has 2 heterocycles. The molecule has 1 aliphatic rings. The van der Waals surface area contributed by atoms with Crippen molar-refractivity contribution >= 4 is 10.0 Å². The minimum Gasteiger partial charge on any atom is -0.334 e. The SMILES string of the molecule is Cc1ccc(S(=O)(=O)N2CCC(n3ccnc3)CC2)c(F)c1. The Hall–Kier alpha value is -1.73. The normalized spacial score (nSPS) is 17.7. The fourth-order valence-corrected chi connectivity index (χ4v) is 4.34. The van der Waals surface area contributed by atoms with E-state index in [1.807, 2.05) is 10.8 Å². The van der Waals surface area contributed by atoms with Gasteiger partial charge in [-0.25, -0.2) is 17.8 Å². The number of hydrogen-bond acceptors (Lipinski definition) is 3. The van der Waals surface area contributed by atoms with Crippen LogP contribution < -0.4 is 0 Å². The molecule has 0 unspecified atom stereocenters. The molecule has 0 amide bonds. The van der Waals surface area contributed by atoms with E-state index in [0.717, 1.165) is 0 Å². The van der Waals surface area contributed by atoms with Crippen molar-refractivity contribution in [3.63, 3.8) is 0 Å². The molecule has 118 valence electrons. The summed E-state index contributed by atoms with van der Waals surface area (Å²) in [6.07, 6.45) is 6.74. The van der Waals surface area contributed by atoms with E-state index < -0.39 is 15.8 Å². The van der Waals surface area contributed by atoms with E-state index in [4.69, 9.17) is 0 Å². The van der Waals surface area contributed by atoms with Gasteiger partial charge in [0.15, 0.2) is 0 Å². The average Bonchev–Trinajstić information content (AvgIpc) is 3.01. The van der Waals surface area contributed by atoms with Crippen LogP contribution in [0, 0.1) is 12.7 Å². The van der Waals surface area contributed by atoms with Crippen LogP contribution >= 0.6 is 0 Å². The molecule has 3 rings (SSSR count). The van der Waals surface area contributed by atoms with Gasteiger partial charge in [-0.15, -0.1) is 0 Å². The van der Waals surface area contributed by atoms with Crippen molar-refractivity contribution in [3.8, 4) is 0 Å². The second kappa shape index (κ2) is 5.81. The molecular weight excluding hydrogens is 305 g/mol. The third-order valence-corrected chi connectivity index (χ3v) is 6.01. The minimum atomic E-state index is -3.77. The van der Waals surface area contributed by atoms with Gasteiger partial charge in [-0.1, -0.05) is 6.07 Å². The Morgan fingerprint density at radius 1 is 1.27 bits per heavy atom. The monoisotopic (exact) mass is 323 g/mol. The first-order chi connectivity index (χ1) is 10.5. The molecule has 7 heteroatoms. The lowest BCUT2D eigenvalue weighted by Crippen LogP contribution is -2.39. The lowest BCUT2D eigenvalue weighted by molar-refractivity contribution is 0.273. The van der Waals surface area contributed by atoms with Crippen LogP contribution in [0.5, 0.6) is 0 Å². The number of imidazole rings is 1. The molecule has 0 radical (unpaired) electrons. The van der Waals surface area contributed by atoms with Crippen molar-refractivity contribution in [1.82, 2.24) is 13.9 Å². The number of aryl methyl sites for hydroxylation is 1. The van der Waals surface area contributed by atoms with Crippen LogP contribution in [0.4, 0.5) is 4.39 Å². The molecule has 0 spiro atoms. The molecule has 1 aromatic carbocycles. The largest absolute Gasteiger partial charge is 0.334 e. The molecule has 2 aromatic rings. The van der Waals surface area contributed by atoms with Crippen LogP contribution in [-0.4, -0.2) is 35.4 Å². The molecule has 0 bridgehead atoms. The molecule has 0 saturated carbocycles. The standard InChI is InChI=1S/C15H18FN3O2S/c1-12-2-3-15(14(16)10-12)22(20,21)19-7-4-13(5-8-19)18-9-6-17-11-18/h2-3,6,9-11,13H,4-5,7-8H2,1H3. The van der Waals surface area contributed by atoms with E-state index in [-0.39, 0.29) is 10.9 Å². The van der Waals surface area contributed by atoms with Crippen molar-refractivity contribution in [1.29, 1.82) is 0 Å². The summed E-state index contributed by atoms with van der Waals surface area (Å²) in [6.45, 7) is 2.51. The fraction of sp³-hybridized carbons (Fsp3) is 0.400. The zero-order valence-electron chi connectivity index (χ0n) is 12.3. The predicted octanol–water partition coefficient (Wildman–Crippen LogP) is 2.36. The van der Waals surface area contributed by atoms with Crippen molar-refractivity contribution in [3.05, 3.63) is 48.3 Å². The van der Waals surface area contributed by atoms with Crippen LogP contribution in [0.1, 0.15) is 24.4 Å². The van der Waals surface area contributed by atoms with Gasteiger partial charge < -0.3 is 4.57 Å². The highest BCUT2D eigenvalue weighted by atomic mass is 32.2.